The summed E-state index contributed by atoms with van der Waals surface area (Å²) in [7, 11) is 0. The van der Waals surface area contributed by atoms with E-state index in [-0.39, 0.29) is 0 Å². The number of aryl methyl sites for hydroxylation is 1. The van der Waals surface area contributed by atoms with Crippen LogP contribution < -0.4 is 10.5 Å². The summed E-state index contributed by atoms with van der Waals surface area (Å²) in [6.45, 7) is 2.60. The van der Waals surface area contributed by atoms with Crippen molar-refractivity contribution in [1.82, 2.24) is 0 Å². The third-order valence-electron chi connectivity index (χ3n) is 2.94. The zero-order valence-corrected chi connectivity index (χ0v) is 11.8. The lowest BCUT2D eigenvalue weighted by molar-refractivity contribution is 0.476. The number of hydrogen-bond acceptors (Lipinski definition) is 2. The Hall–Kier alpha value is -1.51. The molecule has 100 valence electrons. The van der Waals surface area contributed by atoms with E-state index < -0.39 is 0 Å². The van der Waals surface area contributed by atoms with E-state index in [1.54, 1.807) is 6.07 Å². The highest BCUT2D eigenvalue weighted by Gasteiger charge is 2.05. The van der Waals surface area contributed by atoms with E-state index in [9.17, 15) is 0 Å². The molecule has 0 aliphatic carbocycles. The molecule has 0 fully saturated rings. The lowest BCUT2D eigenvalue weighted by Crippen LogP contribution is -1.99. The summed E-state index contributed by atoms with van der Waals surface area (Å²) in [4.78, 5) is 0. The van der Waals surface area contributed by atoms with Crippen molar-refractivity contribution >= 4 is 11.6 Å². The molecule has 0 heterocycles. The van der Waals surface area contributed by atoms with Crippen LogP contribution in [0.2, 0.25) is 5.02 Å². The van der Waals surface area contributed by atoms with Gasteiger partial charge < -0.3 is 10.5 Å². The normalized spacial score (nSPS) is 10.5. The average Bonchev–Trinajstić information content (AvgIpc) is 2.42. The quantitative estimate of drug-likeness (QED) is 0.869. The van der Waals surface area contributed by atoms with Crippen molar-refractivity contribution in [3.63, 3.8) is 0 Å². The number of nitrogens with two attached hydrogens (primary N) is 1. The average molecular weight is 276 g/mol. The summed E-state index contributed by atoms with van der Waals surface area (Å²) in [5, 5.41) is 0.648. The van der Waals surface area contributed by atoms with E-state index in [0.29, 0.717) is 11.6 Å². The Morgan fingerprint density at radius 2 is 1.84 bits per heavy atom. The van der Waals surface area contributed by atoms with Gasteiger partial charge in [0.15, 0.2) is 0 Å². The fourth-order valence-electron chi connectivity index (χ4n) is 1.93. The van der Waals surface area contributed by atoms with Crippen LogP contribution in [0, 0.1) is 0 Å². The van der Waals surface area contributed by atoms with Gasteiger partial charge in [0.05, 0.1) is 0 Å². The molecule has 2 aromatic carbocycles. The summed E-state index contributed by atoms with van der Waals surface area (Å²) < 4.78 is 5.85. The minimum atomic E-state index is 0.431. The molecule has 0 unspecified atom stereocenters. The topological polar surface area (TPSA) is 35.2 Å². The number of ether oxygens (including phenoxy) is 1. The molecular weight excluding hydrogens is 258 g/mol. The van der Waals surface area contributed by atoms with Crippen LogP contribution in [0.4, 0.5) is 0 Å². The summed E-state index contributed by atoms with van der Waals surface area (Å²) in [5.41, 5.74) is 7.96. The molecule has 0 saturated heterocycles. The van der Waals surface area contributed by atoms with Gasteiger partial charge in [-0.2, -0.15) is 0 Å². The first kappa shape index (κ1) is 13.9. The third-order valence-corrected chi connectivity index (χ3v) is 3.17. The SMILES string of the molecule is CCCc1ccc(Oc2cc(Cl)ccc2CN)cc1. The van der Waals surface area contributed by atoms with Gasteiger partial charge >= 0.3 is 0 Å². The van der Waals surface area contributed by atoms with Gasteiger partial charge in [-0.3, -0.25) is 0 Å². The maximum absolute atomic E-state index is 5.99. The zero-order valence-electron chi connectivity index (χ0n) is 11.0. The van der Waals surface area contributed by atoms with Crippen LogP contribution >= 0.6 is 11.6 Å². The summed E-state index contributed by atoms with van der Waals surface area (Å²) in [6.07, 6.45) is 2.23. The Balaban J connectivity index is 2.18. The smallest absolute Gasteiger partial charge is 0.133 e. The molecule has 2 nitrogen and oxygen atoms in total. The van der Waals surface area contributed by atoms with Gasteiger partial charge in [0, 0.05) is 17.1 Å². The minimum Gasteiger partial charge on any atom is -0.457 e. The zero-order chi connectivity index (χ0) is 13.7. The van der Waals surface area contributed by atoms with Crippen LogP contribution in [0.5, 0.6) is 11.5 Å². The predicted molar refractivity (Wildman–Crippen MR) is 79.9 cm³/mol. The number of halogens is 1. The first-order valence-electron chi connectivity index (χ1n) is 6.48. The highest BCUT2D eigenvalue weighted by atomic mass is 35.5. The lowest BCUT2D eigenvalue weighted by atomic mass is 10.1. The van der Waals surface area contributed by atoms with Crippen molar-refractivity contribution in [3.8, 4) is 11.5 Å². The molecule has 0 radical (unpaired) electrons. The van der Waals surface area contributed by atoms with Crippen LogP contribution in [-0.4, -0.2) is 0 Å². The van der Waals surface area contributed by atoms with E-state index in [0.717, 1.165) is 29.9 Å². The first-order valence-corrected chi connectivity index (χ1v) is 6.86. The molecule has 0 atom stereocenters. The standard InChI is InChI=1S/C16H18ClNO/c1-2-3-12-4-8-15(9-5-12)19-16-10-14(17)7-6-13(16)11-18/h4-10H,2-3,11,18H2,1H3. The molecule has 0 aromatic heterocycles. The number of hydrogen-bond donors (Lipinski definition) is 1. The molecular formula is C16H18ClNO. The van der Waals surface area contributed by atoms with Crippen molar-refractivity contribution in [1.29, 1.82) is 0 Å². The van der Waals surface area contributed by atoms with Crippen LogP contribution in [0.15, 0.2) is 42.5 Å². The maximum Gasteiger partial charge on any atom is 0.133 e. The maximum atomic E-state index is 5.99. The van der Waals surface area contributed by atoms with Gasteiger partial charge in [0.25, 0.3) is 0 Å². The molecule has 0 saturated carbocycles. The van der Waals surface area contributed by atoms with Gasteiger partial charge in [0.1, 0.15) is 11.5 Å². The van der Waals surface area contributed by atoms with Gasteiger partial charge in [-0.05, 0) is 36.2 Å². The summed E-state index contributed by atoms with van der Waals surface area (Å²) in [6, 6.07) is 13.6. The Morgan fingerprint density at radius 1 is 1.11 bits per heavy atom. The molecule has 2 aromatic rings. The Labute approximate surface area is 119 Å². The van der Waals surface area contributed by atoms with Crippen LogP contribution in [0.1, 0.15) is 24.5 Å². The number of benzene rings is 2. The van der Waals surface area contributed by atoms with Crippen molar-refractivity contribution in [3.05, 3.63) is 58.6 Å². The molecule has 0 bridgehead atoms. The minimum absolute atomic E-state index is 0.431. The molecule has 0 amide bonds. The van der Waals surface area contributed by atoms with Gasteiger partial charge in [-0.25, -0.2) is 0 Å². The van der Waals surface area contributed by atoms with Crippen LogP contribution in [0.3, 0.4) is 0 Å². The molecule has 2 N–H and O–H groups in total. The second-order valence-corrected chi connectivity index (χ2v) is 4.89. The Kier molecular flexibility index (Phi) is 4.83. The molecule has 0 aliphatic heterocycles. The lowest BCUT2D eigenvalue weighted by Gasteiger charge is -2.11. The van der Waals surface area contributed by atoms with Gasteiger partial charge in [-0.15, -0.1) is 0 Å². The van der Waals surface area contributed by atoms with E-state index in [1.165, 1.54) is 5.56 Å². The number of rotatable bonds is 5. The summed E-state index contributed by atoms with van der Waals surface area (Å²) in [5.74, 6) is 1.52. The molecule has 0 spiro atoms. The fourth-order valence-corrected chi connectivity index (χ4v) is 2.09. The van der Waals surface area contributed by atoms with E-state index in [2.05, 4.69) is 19.1 Å². The Bertz CT molecular complexity index is 537. The Morgan fingerprint density at radius 3 is 2.47 bits per heavy atom. The monoisotopic (exact) mass is 275 g/mol. The molecule has 3 heteroatoms. The second kappa shape index (κ2) is 6.60. The fraction of sp³-hybridized carbons (Fsp3) is 0.250. The van der Waals surface area contributed by atoms with E-state index in [1.807, 2.05) is 24.3 Å². The molecule has 0 aliphatic rings. The third kappa shape index (κ3) is 3.72. The summed E-state index contributed by atoms with van der Waals surface area (Å²) >= 11 is 5.99. The largest absolute Gasteiger partial charge is 0.457 e. The molecule has 19 heavy (non-hydrogen) atoms. The predicted octanol–water partition coefficient (Wildman–Crippen LogP) is 4.54. The van der Waals surface area contributed by atoms with E-state index >= 15 is 0 Å². The van der Waals surface area contributed by atoms with Crippen LogP contribution in [-0.2, 0) is 13.0 Å². The highest BCUT2D eigenvalue weighted by Crippen LogP contribution is 2.28. The molecule has 2 rings (SSSR count). The van der Waals surface area contributed by atoms with Gasteiger partial charge in [-0.1, -0.05) is 43.1 Å². The van der Waals surface area contributed by atoms with Crippen molar-refractivity contribution in [2.24, 2.45) is 5.73 Å². The highest BCUT2D eigenvalue weighted by molar-refractivity contribution is 6.30. The van der Waals surface area contributed by atoms with Crippen molar-refractivity contribution in [2.45, 2.75) is 26.3 Å². The van der Waals surface area contributed by atoms with E-state index in [4.69, 9.17) is 22.1 Å². The van der Waals surface area contributed by atoms with Crippen LogP contribution in [0.25, 0.3) is 0 Å². The van der Waals surface area contributed by atoms with Crippen molar-refractivity contribution in [2.75, 3.05) is 0 Å². The first-order chi connectivity index (χ1) is 9.22. The van der Waals surface area contributed by atoms with Crippen molar-refractivity contribution < 1.29 is 4.74 Å². The van der Waals surface area contributed by atoms with Gasteiger partial charge in [0.2, 0.25) is 0 Å². The second-order valence-electron chi connectivity index (χ2n) is 4.45.